The van der Waals surface area contributed by atoms with Crippen LogP contribution in [0.15, 0.2) is 0 Å². The number of hydrogen-bond acceptors (Lipinski definition) is 9. The molecule has 1 heterocycles. The number of nitrogens with zero attached hydrogens (tertiary/aromatic N) is 1. The van der Waals surface area contributed by atoms with Gasteiger partial charge in [0.05, 0.1) is 12.7 Å². The fourth-order valence-electron chi connectivity index (χ4n) is 3.81. The van der Waals surface area contributed by atoms with E-state index in [2.05, 4.69) is 20.9 Å². The molecular formula is C22H50N4O5Si. The van der Waals surface area contributed by atoms with Gasteiger partial charge in [-0.15, -0.1) is 0 Å². The first-order valence-electron chi connectivity index (χ1n) is 12.7. The summed E-state index contributed by atoms with van der Waals surface area (Å²) >= 11 is 0. The minimum atomic E-state index is -2.61. The fourth-order valence-corrected chi connectivity index (χ4v) is 6.39. The second kappa shape index (κ2) is 20.2. The van der Waals surface area contributed by atoms with E-state index in [1.54, 1.807) is 0 Å². The third-order valence-corrected chi connectivity index (χ3v) is 8.41. The molecule has 0 bridgehead atoms. The lowest BCUT2D eigenvalue weighted by molar-refractivity contribution is 0.0145. The second-order valence-electron chi connectivity index (χ2n) is 8.07. The first kappa shape index (κ1) is 29.9. The van der Waals surface area contributed by atoms with Crippen molar-refractivity contribution in [1.29, 1.82) is 0 Å². The lowest BCUT2D eigenvalue weighted by atomic mass is 10.3. The molecule has 1 fully saturated rings. The highest BCUT2D eigenvalue weighted by atomic mass is 28.4. The monoisotopic (exact) mass is 478 g/mol. The Bertz CT molecular complexity index is 395. The lowest BCUT2D eigenvalue weighted by Gasteiger charge is -2.28. The van der Waals surface area contributed by atoms with Gasteiger partial charge >= 0.3 is 8.80 Å². The number of nitrogens with one attached hydrogen (secondary N) is 3. The molecule has 192 valence electrons. The largest absolute Gasteiger partial charge is 0.501 e. The zero-order chi connectivity index (χ0) is 23.3. The van der Waals surface area contributed by atoms with Crippen molar-refractivity contribution in [3.63, 3.8) is 0 Å². The molecular weight excluding hydrogens is 428 g/mol. The van der Waals surface area contributed by atoms with Crippen LogP contribution in [-0.2, 0) is 18.0 Å². The molecule has 0 radical (unpaired) electrons. The van der Waals surface area contributed by atoms with Gasteiger partial charge in [-0.3, -0.25) is 4.90 Å². The van der Waals surface area contributed by atoms with Gasteiger partial charge in [-0.05, 0) is 66.2 Å². The molecule has 1 atom stereocenters. The molecule has 32 heavy (non-hydrogen) atoms. The first-order valence-corrected chi connectivity index (χ1v) is 14.6. The zero-order valence-electron chi connectivity index (χ0n) is 20.8. The Labute approximate surface area is 197 Å². The number of aliphatic hydroxyl groups excluding tert-OH is 1. The van der Waals surface area contributed by atoms with Crippen LogP contribution in [0.4, 0.5) is 0 Å². The fraction of sp³-hybridized carbons (Fsp3) is 1.00. The summed E-state index contributed by atoms with van der Waals surface area (Å²) < 4.78 is 23.4. The van der Waals surface area contributed by atoms with E-state index in [-0.39, 0.29) is 0 Å². The van der Waals surface area contributed by atoms with Crippen molar-refractivity contribution in [2.24, 2.45) is 0 Å². The van der Waals surface area contributed by atoms with Gasteiger partial charge < -0.3 is 39.1 Å². The van der Waals surface area contributed by atoms with Crippen molar-refractivity contribution >= 4 is 8.80 Å². The van der Waals surface area contributed by atoms with Crippen molar-refractivity contribution < 1.29 is 23.1 Å². The molecule has 0 aliphatic carbocycles. The van der Waals surface area contributed by atoms with Crippen molar-refractivity contribution in [1.82, 2.24) is 20.9 Å². The maximum atomic E-state index is 10.5. The van der Waals surface area contributed by atoms with Gasteiger partial charge in [0.25, 0.3) is 0 Å². The van der Waals surface area contributed by atoms with Gasteiger partial charge in [0.15, 0.2) is 0 Å². The third-order valence-electron chi connectivity index (χ3n) is 5.26. The minimum Gasteiger partial charge on any atom is -0.389 e. The van der Waals surface area contributed by atoms with E-state index in [9.17, 15) is 5.11 Å². The second-order valence-corrected chi connectivity index (χ2v) is 10.8. The Kier molecular flexibility index (Phi) is 18.9. The zero-order valence-corrected chi connectivity index (χ0v) is 21.8. The predicted octanol–water partition coefficient (Wildman–Crippen LogP) is 0.667. The Morgan fingerprint density at radius 3 is 2.03 bits per heavy atom. The van der Waals surface area contributed by atoms with E-state index in [4.69, 9.17) is 18.0 Å². The number of β-amino-alcohol motifs (C(OH)–C–C–N with tert-alkyl or cyclic N) is 1. The Morgan fingerprint density at radius 2 is 1.41 bits per heavy atom. The lowest BCUT2D eigenvalue weighted by Crippen LogP contribution is -2.46. The molecule has 1 unspecified atom stereocenters. The van der Waals surface area contributed by atoms with Crippen LogP contribution >= 0.6 is 0 Å². The summed E-state index contributed by atoms with van der Waals surface area (Å²) in [5, 5.41) is 20.9. The van der Waals surface area contributed by atoms with Crippen LogP contribution in [0.5, 0.6) is 0 Å². The summed E-state index contributed by atoms with van der Waals surface area (Å²) in [5.41, 5.74) is 0. The van der Waals surface area contributed by atoms with E-state index in [1.165, 1.54) is 0 Å². The molecule has 10 heteroatoms. The van der Waals surface area contributed by atoms with Crippen LogP contribution in [0.1, 0.15) is 40.0 Å². The Balaban J connectivity index is 2.31. The van der Waals surface area contributed by atoms with Crippen molar-refractivity contribution in [2.75, 3.05) is 91.9 Å². The summed E-state index contributed by atoms with van der Waals surface area (Å²) in [7, 11) is -2.61. The molecule has 1 rings (SSSR count). The van der Waals surface area contributed by atoms with Crippen LogP contribution in [0, 0.1) is 0 Å². The summed E-state index contributed by atoms with van der Waals surface area (Å²) in [5.74, 6) is 0. The van der Waals surface area contributed by atoms with Crippen molar-refractivity contribution in [2.45, 2.75) is 52.2 Å². The standard InChI is InChI=1S/C22H50N4O5Si/c1-4-29-32(30-5-2,31-6-3)19-9-18-28-21-22(27)20-26-16-8-12-24-14-13-23-10-7-11-25-15-17-26/h22-25,27H,4-21H2,1-3H3. The molecule has 9 nitrogen and oxygen atoms in total. The van der Waals surface area contributed by atoms with Crippen LogP contribution in [0.2, 0.25) is 6.04 Å². The molecule has 1 aliphatic heterocycles. The molecule has 1 saturated heterocycles. The summed E-state index contributed by atoms with van der Waals surface area (Å²) in [6.07, 6.45) is 2.52. The van der Waals surface area contributed by atoms with Crippen LogP contribution < -0.4 is 16.0 Å². The van der Waals surface area contributed by atoms with Gasteiger partial charge in [0.1, 0.15) is 0 Å². The average Bonchev–Trinajstić information content (AvgIpc) is 2.76. The predicted molar refractivity (Wildman–Crippen MR) is 131 cm³/mol. The van der Waals surface area contributed by atoms with Crippen LogP contribution in [0.3, 0.4) is 0 Å². The van der Waals surface area contributed by atoms with E-state index in [0.717, 1.165) is 77.7 Å². The van der Waals surface area contributed by atoms with E-state index >= 15 is 0 Å². The highest BCUT2D eigenvalue weighted by Crippen LogP contribution is 2.18. The van der Waals surface area contributed by atoms with Gasteiger partial charge in [0, 0.05) is 65.2 Å². The highest BCUT2D eigenvalue weighted by molar-refractivity contribution is 6.60. The number of rotatable bonds is 14. The Hall–Kier alpha value is -0.143. The maximum absolute atomic E-state index is 10.5. The first-order chi connectivity index (χ1) is 15.7. The van der Waals surface area contributed by atoms with Crippen LogP contribution in [0.25, 0.3) is 0 Å². The normalized spacial score (nSPS) is 19.5. The average molecular weight is 479 g/mol. The quantitative estimate of drug-likeness (QED) is 0.212. The highest BCUT2D eigenvalue weighted by Gasteiger charge is 2.39. The summed E-state index contributed by atoms with van der Waals surface area (Å²) in [6, 6.07) is 0.735. The maximum Gasteiger partial charge on any atom is 0.501 e. The van der Waals surface area contributed by atoms with Crippen molar-refractivity contribution in [3.05, 3.63) is 0 Å². The number of aliphatic hydroxyl groups is 1. The molecule has 4 N–H and O–H groups in total. The van der Waals surface area contributed by atoms with E-state index in [0.29, 0.717) is 39.6 Å². The summed E-state index contributed by atoms with van der Waals surface area (Å²) in [4.78, 5) is 2.34. The van der Waals surface area contributed by atoms with E-state index < -0.39 is 14.9 Å². The van der Waals surface area contributed by atoms with Gasteiger partial charge in [-0.1, -0.05) is 0 Å². The molecule has 0 amide bonds. The minimum absolute atomic E-state index is 0.348. The molecule has 0 spiro atoms. The topological polar surface area (TPSA) is 96.5 Å². The molecule has 0 aromatic carbocycles. The van der Waals surface area contributed by atoms with Gasteiger partial charge in [-0.2, -0.15) is 0 Å². The third kappa shape index (κ3) is 14.9. The molecule has 0 aromatic heterocycles. The summed E-state index contributed by atoms with van der Waals surface area (Å²) in [6.45, 7) is 17.2. The molecule has 0 saturated carbocycles. The van der Waals surface area contributed by atoms with Crippen molar-refractivity contribution in [3.8, 4) is 0 Å². The van der Waals surface area contributed by atoms with Crippen LogP contribution in [-0.4, -0.2) is 117 Å². The number of hydrogen-bond donors (Lipinski definition) is 4. The number of ether oxygens (including phenoxy) is 1. The SMILES string of the molecule is CCO[Si](CCCOCC(O)CN1CCCNCCNCCCNCC1)(OCC)OCC. The smallest absolute Gasteiger partial charge is 0.389 e. The molecule has 1 aliphatic rings. The molecule has 0 aromatic rings. The van der Waals surface area contributed by atoms with E-state index in [1.807, 2.05) is 20.8 Å². The van der Waals surface area contributed by atoms with Gasteiger partial charge in [0.2, 0.25) is 0 Å². The van der Waals surface area contributed by atoms with Gasteiger partial charge in [-0.25, -0.2) is 0 Å². The Morgan fingerprint density at radius 1 is 0.812 bits per heavy atom.